The van der Waals surface area contributed by atoms with Crippen LogP contribution in [-0.4, -0.2) is 22.3 Å². The third-order valence-corrected chi connectivity index (χ3v) is 5.71. The Kier molecular flexibility index (Phi) is 11.3. The van der Waals surface area contributed by atoms with Crippen LogP contribution >= 0.6 is 0 Å². The Morgan fingerprint density at radius 2 is 1.37 bits per heavy atom. The second-order valence-corrected chi connectivity index (χ2v) is 10.5. The Balaban J connectivity index is 2.35. The van der Waals surface area contributed by atoms with E-state index >= 15 is 0 Å². The van der Waals surface area contributed by atoms with Gasteiger partial charge in [0.15, 0.2) is 11.5 Å². The number of unbranched alkanes of at least 4 members (excludes halogenated alkanes) is 6. The summed E-state index contributed by atoms with van der Waals surface area (Å²) < 4.78 is 5.07. The highest BCUT2D eigenvalue weighted by molar-refractivity contribution is 5.47. The van der Waals surface area contributed by atoms with Crippen LogP contribution in [0.5, 0.6) is 11.5 Å². The van der Waals surface area contributed by atoms with E-state index in [-0.39, 0.29) is 11.5 Å². The van der Waals surface area contributed by atoms with Gasteiger partial charge in [0.2, 0.25) is 0 Å². The van der Waals surface area contributed by atoms with Gasteiger partial charge in [0.05, 0.1) is 0 Å². The standard InChI is InChI=1S/C26H44O4/c1-25(2,3)16-12-8-6-10-14-21-18-22(24(29)23(28)19-21)15-11-7-9-13-17-26(4,5)30-20-27/h18-20,28-29H,6-17H2,1-5H3. The number of phenols is 2. The Labute approximate surface area is 184 Å². The largest absolute Gasteiger partial charge is 0.504 e. The van der Waals surface area contributed by atoms with E-state index in [1.54, 1.807) is 6.07 Å². The number of ether oxygens (including phenoxy) is 1. The lowest BCUT2D eigenvalue weighted by Gasteiger charge is -2.22. The molecule has 0 bridgehead atoms. The van der Waals surface area contributed by atoms with Gasteiger partial charge in [0.1, 0.15) is 5.60 Å². The molecule has 0 aromatic heterocycles. The van der Waals surface area contributed by atoms with Gasteiger partial charge in [-0.15, -0.1) is 0 Å². The van der Waals surface area contributed by atoms with E-state index in [1.807, 2.05) is 13.8 Å². The Bertz CT molecular complexity index is 629. The predicted molar refractivity (Wildman–Crippen MR) is 124 cm³/mol. The van der Waals surface area contributed by atoms with E-state index in [0.29, 0.717) is 11.9 Å². The van der Waals surface area contributed by atoms with Gasteiger partial charge in [-0.05, 0) is 81.4 Å². The summed E-state index contributed by atoms with van der Waals surface area (Å²) in [5.74, 6) is 0.0347. The average Bonchev–Trinajstić information content (AvgIpc) is 2.63. The average molecular weight is 421 g/mol. The van der Waals surface area contributed by atoms with Crippen molar-refractivity contribution < 1.29 is 19.7 Å². The number of hydrogen-bond acceptors (Lipinski definition) is 4. The van der Waals surface area contributed by atoms with Crippen molar-refractivity contribution in [1.82, 2.24) is 0 Å². The molecule has 0 heterocycles. The quantitative estimate of drug-likeness (QED) is 0.181. The zero-order chi connectivity index (χ0) is 22.6. The SMILES string of the molecule is CC(C)(C)CCCCCCc1cc(O)c(O)c(CCCCCCC(C)(C)OC=O)c1. The predicted octanol–water partition coefficient (Wildman–Crippen LogP) is 7.08. The molecular weight excluding hydrogens is 376 g/mol. The molecule has 0 aliphatic carbocycles. The molecule has 1 aromatic rings. The number of rotatable bonds is 15. The van der Waals surface area contributed by atoms with Gasteiger partial charge in [-0.2, -0.15) is 0 Å². The lowest BCUT2D eigenvalue weighted by Crippen LogP contribution is -2.23. The number of benzene rings is 1. The smallest absolute Gasteiger partial charge is 0.293 e. The highest BCUT2D eigenvalue weighted by Gasteiger charge is 2.17. The Hall–Kier alpha value is -1.71. The number of hydrogen-bond donors (Lipinski definition) is 2. The summed E-state index contributed by atoms with van der Waals surface area (Å²) in [5.41, 5.74) is 1.98. The van der Waals surface area contributed by atoms with Crippen LogP contribution in [0.1, 0.15) is 110 Å². The maximum Gasteiger partial charge on any atom is 0.293 e. The van der Waals surface area contributed by atoms with E-state index in [2.05, 4.69) is 26.8 Å². The number of carbonyl (C=O) groups is 1. The van der Waals surface area contributed by atoms with Gasteiger partial charge < -0.3 is 14.9 Å². The Morgan fingerprint density at radius 3 is 1.97 bits per heavy atom. The molecule has 0 unspecified atom stereocenters. The van der Waals surface area contributed by atoms with Gasteiger partial charge in [-0.3, -0.25) is 4.79 Å². The monoisotopic (exact) mass is 420 g/mol. The lowest BCUT2D eigenvalue weighted by molar-refractivity contribution is -0.140. The molecule has 4 nitrogen and oxygen atoms in total. The van der Waals surface area contributed by atoms with Crippen LogP contribution in [0.25, 0.3) is 0 Å². The summed E-state index contributed by atoms with van der Waals surface area (Å²) in [6, 6.07) is 3.77. The summed E-state index contributed by atoms with van der Waals surface area (Å²) in [7, 11) is 0. The third kappa shape index (κ3) is 11.5. The van der Waals surface area contributed by atoms with Gasteiger partial charge in [-0.1, -0.05) is 58.9 Å². The van der Waals surface area contributed by atoms with Gasteiger partial charge in [-0.25, -0.2) is 0 Å². The molecule has 0 fully saturated rings. The first-order valence-corrected chi connectivity index (χ1v) is 11.7. The van der Waals surface area contributed by atoms with Crippen molar-refractivity contribution in [2.24, 2.45) is 5.41 Å². The van der Waals surface area contributed by atoms with E-state index in [0.717, 1.165) is 62.5 Å². The molecule has 0 spiro atoms. The van der Waals surface area contributed by atoms with Crippen molar-refractivity contribution in [3.63, 3.8) is 0 Å². The minimum atomic E-state index is -0.396. The van der Waals surface area contributed by atoms with Crippen molar-refractivity contribution in [1.29, 1.82) is 0 Å². The fraction of sp³-hybridized carbons (Fsp3) is 0.731. The minimum absolute atomic E-state index is 0.00277. The van der Waals surface area contributed by atoms with E-state index < -0.39 is 5.60 Å². The molecule has 1 rings (SSSR count). The fourth-order valence-electron chi connectivity index (χ4n) is 3.82. The van der Waals surface area contributed by atoms with Crippen molar-refractivity contribution in [3.8, 4) is 11.5 Å². The molecule has 0 aliphatic rings. The molecule has 1 aromatic carbocycles. The van der Waals surface area contributed by atoms with Gasteiger partial charge >= 0.3 is 0 Å². The number of aromatic hydroxyl groups is 2. The highest BCUT2D eigenvalue weighted by atomic mass is 16.5. The minimum Gasteiger partial charge on any atom is -0.504 e. The van der Waals surface area contributed by atoms with Crippen molar-refractivity contribution in [2.45, 2.75) is 117 Å². The lowest BCUT2D eigenvalue weighted by atomic mass is 9.89. The zero-order valence-corrected chi connectivity index (χ0v) is 19.9. The molecule has 4 heteroatoms. The third-order valence-electron chi connectivity index (χ3n) is 5.71. The van der Waals surface area contributed by atoms with Crippen LogP contribution in [0.15, 0.2) is 12.1 Å². The normalized spacial score (nSPS) is 12.2. The molecule has 0 atom stereocenters. The second kappa shape index (κ2) is 12.9. The first-order chi connectivity index (χ1) is 14.0. The van der Waals surface area contributed by atoms with Crippen LogP contribution in [0.4, 0.5) is 0 Å². The summed E-state index contributed by atoms with van der Waals surface area (Å²) in [6.45, 7) is 11.2. The Morgan fingerprint density at radius 1 is 0.800 bits per heavy atom. The van der Waals surface area contributed by atoms with Crippen LogP contribution in [0.3, 0.4) is 0 Å². The molecule has 0 saturated carbocycles. The topological polar surface area (TPSA) is 66.8 Å². The first-order valence-electron chi connectivity index (χ1n) is 11.7. The molecule has 0 amide bonds. The molecule has 0 radical (unpaired) electrons. The molecule has 0 aliphatic heterocycles. The van der Waals surface area contributed by atoms with Crippen molar-refractivity contribution in [3.05, 3.63) is 23.3 Å². The number of carbonyl (C=O) groups excluding carboxylic acids is 1. The molecule has 2 N–H and O–H groups in total. The molecule has 0 saturated heterocycles. The van der Waals surface area contributed by atoms with Crippen LogP contribution < -0.4 is 0 Å². The summed E-state index contributed by atoms with van der Waals surface area (Å²) >= 11 is 0. The summed E-state index contributed by atoms with van der Waals surface area (Å²) in [5, 5.41) is 20.3. The van der Waals surface area contributed by atoms with Crippen LogP contribution in [-0.2, 0) is 22.4 Å². The van der Waals surface area contributed by atoms with Crippen LogP contribution in [0, 0.1) is 5.41 Å². The van der Waals surface area contributed by atoms with Crippen LogP contribution in [0.2, 0.25) is 0 Å². The number of phenolic OH excluding ortho intramolecular Hbond substituents is 2. The van der Waals surface area contributed by atoms with E-state index in [1.165, 1.54) is 25.7 Å². The zero-order valence-electron chi connectivity index (χ0n) is 19.9. The van der Waals surface area contributed by atoms with Gasteiger partial charge in [0.25, 0.3) is 6.47 Å². The molecule has 30 heavy (non-hydrogen) atoms. The molecule has 172 valence electrons. The summed E-state index contributed by atoms with van der Waals surface area (Å²) in [4.78, 5) is 10.5. The fourth-order valence-corrected chi connectivity index (χ4v) is 3.82. The van der Waals surface area contributed by atoms with E-state index in [4.69, 9.17) is 4.74 Å². The molecular formula is C26H44O4. The number of aryl methyl sites for hydroxylation is 2. The van der Waals surface area contributed by atoms with Crippen molar-refractivity contribution >= 4 is 6.47 Å². The first kappa shape index (κ1) is 26.3. The highest BCUT2D eigenvalue weighted by Crippen LogP contribution is 2.32. The summed E-state index contributed by atoms with van der Waals surface area (Å²) in [6.07, 6.45) is 12.8. The maximum atomic E-state index is 10.5. The maximum absolute atomic E-state index is 10.5. The van der Waals surface area contributed by atoms with Gasteiger partial charge in [0, 0.05) is 0 Å². The second-order valence-electron chi connectivity index (χ2n) is 10.5. The van der Waals surface area contributed by atoms with E-state index in [9.17, 15) is 15.0 Å². The van der Waals surface area contributed by atoms with Crippen molar-refractivity contribution in [2.75, 3.05) is 0 Å².